The van der Waals surface area contributed by atoms with Gasteiger partial charge in [0.15, 0.2) is 0 Å². The molecule has 0 spiro atoms. The first kappa shape index (κ1) is 11.4. The van der Waals surface area contributed by atoms with Gasteiger partial charge in [-0.25, -0.2) is 0 Å². The molecule has 0 N–H and O–H groups in total. The molecule has 0 unspecified atom stereocenters. The van der Waals surface area contributed by atoms with Crippen LogP contribution in [0.25, 0.3) is 0 Å². The fourth-order valence-corrected chi connectivity index (χ4v) is 2.60. The van der Waals surface area contributed by atoms with Gasteiger partial charge in [0.05, 0.1) is 0 Å². The predicted molar refractivity (Wildman–Crippen MR) is 66.1 cm³/mol. The summed E-state index contributed by atoms with van der Waals surface area (Å²) in [5, 5.41) is 0. The van der Waals surface area contributed by atoms with E-state index in [9.17, 15) is 4.79 Å². The molecule has 2 nitrogen and oxygen atoms in total. The third-order valence-electron chi connectivity index (χ3n) is 3.78. The maximum absolute atomic E-state index is 12.1. The molecule has 0 aromatic heterocycles. The Morgan fingerprint density at radius 2 is 2.12 bits per heavy atom. The van der Waals surface area contributed by atoms with Gasteiger partial charge in [-0.2, -0.15) is 0 Å². The van der Waals surface area contributed by atoms with Crippen LogP contribution < -0.4 is 0 Å². The minimum absolute atomic E-state index is 0.290. The standard InChI is InChI=1S/C14H21NO/c1-11(2)12-5-7-13(8-6-12)14(16)15-9-3-4-10-15/h7,12H,1,3-6,8-10H2,2H3/t12-/m1/s1. The van der Waals surface area contributed by atoms with Crippen molar-refractivity contribution in [1.29, 1.82) is 0 Å². The number of likely N-dealkylation sites (tertiary alicyclic amines) is 1. The SMILES string of the molecule is C=C(C)[C@@H]1CC=C(C(=O)N2CCCC2)CC1. The van der Waals surface area contributed by atoms with E-state index in [2.05, 4.69) is 19.6 Å². The zero-order valence-corrected chi connectivity index (χ0v) is 10.2. The lowest BCUT2D eigenvalue weighted by Gasteiger charge is -2.24. The van der Waals surface area contributed by atoms with Crippen molar-refractivity contribution in [2.45, 2.75) is 39.0 Å². The van der Waals surface area contributed by atoms with Gasteiger partial charge in [0.2, 0.25) is 5.91 Å². The van der Waals surface area contributed by atoms with E-state index in [-0.39, 0.29) is 5.91 Å². The maximum Gasteiger partial charge on any atom is 0.249 e. The highest BCUT2D eigenvalue weighted by molar-refractivity contribution is 5.93. The van der Waals surface area contributed by atoms with Crippen molar-refractivity contribution >= 4 is 5.91 Å². The number of rotatable bonds is 2. The minimum Gasteiger partial charge on any atom is -0.339 e. The monoisotopic (exact) mass is 219 g/mol. The Bertz CT molecular complexity index is 324. The van der Waals surface area contributed by atoms with Gasteiger partial charge in [-0.1, -0.05) is 18.2 Å². The predicted octanol–water partition coefficient (Wildman–Crippen LogP) is 2.91. The molecule has 2 heteroatoms. The van der Waals surface area contributed by atoms with E-state index < -0.39 is 0 Å². The molecular weight excluding hydrogens is 198 g/mol. The maximum atomic E-state index is 12.1. The highest BCUT2D eigenvalue weighted by atomic mass is 16.2. The summed E-state index contributed by atoms with van der Waals surface area (Å²) >= 11 is 0. The lowest BCUT2D eigenvalue weighted by atomic mass is 9.85. The Morgan fingerprint density at radius 1 is 1.44 bits per heavy atom. The smallest absolute Gasteiger partial charge is 0.249 e. The Labute approximate surface area is 98.0 Å². The Kier molecular flexibility index (Phi) is 3.47. The Morgan fingerprint density at radius 3 is 2.62 bits per heavy atom. The molecule has 2 aliphatic rings. The van der Waals surface area contributed by atoms with Crippen LogP contribution in [0.1, 0.15) is 39.0 Å². The zero-order chi connectivity index (χ0) is 11.5. The second-order valence-electron chi connectivity index (χ2n) is 5.05. The Hall–Kier alpha value is -1.05. The first-order valence-electron chi connectivity index (χ1n) is 6.32. The van der Waals surface area contributed by atoms with Crippen LogP contribution >= 0.6 is 0 Å². The van der Waals surface area contributed by atoms with Crippen molar-refractivity contribution in [3.63, 3.8) is 0 Å². The van der Waals surface area contributed by atoms with Crippen molar-refractivity contribution in [2.24, 2.45) is 5.92 Å². The van der Waals surface area contributed by atoms with Gasteiger partial charge >= 0.3 is 0 Å². The van der Waals surface area contributed by atoms with Gasteiger partial charge in [-0.15, -0.1) is 0 Å². The molecule has 1 aliphatic carbocycles. The van der Waals surface area contributed by atoms with Crippen LogP contribution in [0.4, 0.5) is 0 Å². The highest BCUT2D eigenvalue weighted by Crippen LogP contribution is 2.29. The highest BCUT2D eigenvalue weighted by Gasteiger charge is 2.24. The molecule has 1 saturated heterocycles. The molecule has 88 valence electrons. The van der Waals surface area contributed by atoms with E-state index in [0.29, 0.717) is 5.92 Å². The zero-order valence-electron chi connectivity index (χ0n) is 10.2. The molecule has 1 amide bonds. The fourth-order valence-electron chi connectivity index (χ4n) is 2.60. The molecule has 1 heterocycles. The molecule has 1 fully saturated rings. The van der Waals surface area contributed by atoms with Crippen molar-refractivity contribution in [3.8, 4) is 0 Å². The number of hydrogen-bond acceptors (Lipinski definition) is 1. The second-order valence-corrected chi connectivity index (χ2v) is 5.05. The van der Waals surface area contributed by atoms with Crippen molar-refractivity contribution in [2.75, 3.05) is 13.1 Å². The summed E-state index contributed by atoms with van der Waals surface area (Å²) in [7, 11) is 0. The molecule has 1 aliphatic heterocycles. The van der Waals surface area contributed by atoms with Gasteiger partial charge in [-0.3, -0.25) is 4.79 Å². The van der Waals surface area contributed by atoms with Crippen LogP contribution in [0.3, 0.4) is 0 Å². The third-order valence-corrected chi connectivity index (χ3v) is 3.78. The molecule has 2 rings (SSSR count). The van der Waals surface area contributed by atoms with Crippen LogP contribution in [0.15, 0.2) is 23.8 Å². The van der Waals surface area contributed by atoms with Crippen LogP contribution in [0.2, 0.25) is 0 Å². The van der Waals surface area contributed by atoms with E-state index in [1.807, 2.05) is 4.90 Å². The first-order chi connectivity index (χ1) is 7.68. The molecule has 0 bridgehead atoms. The van der Waals surface area contributed by atoms with E-state index in [1.54, 1.807) is 0 Å². The number of allylic oxidation sites excluding steroid dienone is 2. The molecule has 0 radical (unpaired) electrons. The number of carbonyl (C=O) groups is 1. The molecule has 0 saturated carbocycles. The summed E-state index contributed by atoms with van der Waals surface area (Å²) in [4.78, 5) is 14.1. The number of carbonyl (C=O) groups excluding carboxylic acids is 1. The van der Waals surface area contributed by atoms with E-state index >= 15 is 0 Å². The third kappa shape index (κ3) is 2.37. The topological polar surface area (TPSA) is 20.3 Å². The Balaban J connectivity index is 1.96. The lowest BCUT2D eigenvalue weighted by molar-refractivity contribution is -0.126. The van der Waals surface area contributed by atoms with Gasteiger partial charge in [0.1, 0.15) is 0 Å². The average Bonchev–Trinajstić information content (AvgIpc) is 2.81. The quantitative estimate of drug-likeness (QED) is 0.654. The summed E-state index contributed by atoms with van der Waals surface area (Å²) in [5.74, 6) is 0.882. The van der Waals surface area contributed by atoms with Crippen molar-refractivity contribution < 1.29 is 4.79 Å². The summed E-state index contributed by atoms with van der Waals surface area (Å²) in [6.07, 6.45) is 7.53. The molecule has 0 aromatic rings. The summed E-state index contributed by atoms with van der Waals surface area (Å²) in [6, 6.07) is 0. The van der Waals surface area contributed by atoms with E-state index in [0.717, 1.165) is 37.9 Å². The molecule has 16 heavy (non-hydrogen) atoms. The normalized spacial score (nSPS) is 25.4. The number of hydrogen-bond donors (Lipinski definition) is 0. The number of amides is 1. The van der Waals surface area contributed by atoms with Gasteiger partial charge in [0.25, 0.3) is 0 Å². The van der Waals surface area contributed by atoms with Crippen LogP contribution in [-0.4, -0.2) is 23.9 Å². The van der Waals surface area contributed by atoms with Crippen molar-refractivity contribution in [3.05, 3.63) is 23.8 Å². The molecule has 0 aromatic carbocycles. The summed E-state index contributed by atoms with van der Waals surface area (Å²) in [5.41, 5.74) is 2.29. The summed E-state index contributed by atoms with van der Waals surface area (Å²) < 4.78 is 0. The molecule has 1 atom stereocenters. The lowest BCUT2D eigenvalue weighted by Crippen LogP contribution is -2.30. The van der Waals surface area contributed by atoms with Gasteiger partial charge < -0.3 is 4.90 Å². The van der Waals surface area contributed by atoms with Crippen molar-refractivity contribution in [1.82, 2.24) is 4.90 Å². The molecular formula is C14H21NO. The minimum atomic E-state index is 0.290. The fraction of sp³-hybridized carbons (Fsp3) is 0.643. The van der Waals surface area contributed by atoms with Gasteiger partial charge in [0, 0.05) is 18.7 Å². The average molecular weight is 219 g/mol. The number of nitrogens with zero attached hydrogens (tertiary/aromatic N) is 1. The summed E-state index contributed by atoms with van der Waals surface area (Å²) in [6.45, 7) is 8.01. The van der Waals surface area contributed by atoms with Gasteiger partial charge in [-0.05, 0) is 44.9 Å². The van der Waals surface area contributed by atoms with Crippen LogP contribution in [0.5, 0.6) is 0 Å². The first-order valence-corrected chi connectivity index (χ1v) is 6.32. The van der Waals surface area contributed by atoms with E-state index in [4.69, 9.17) is 0 Å². The van der Waals surface area contributed by atoms with Crippen LogP contribution in [-0.2, 0) is 4.79 Å². The van der Waals surface area contributed by atoms with E-state index in [1.165, 1.54) is 18.4 Å². The van der Waals surface area contributed by atoms with Crippen LogP contribution in [0, 0.1) is 5.92 Å². The second kappa shape index (κ2) is 4.86. The largest absolute Gasteiger partial charge is 0.339 e.